The van der Waals surface area contributed by atoms with E-state index < -0.39 is 12.1 Å². The molecule has 27 heavy (non-hydrogen) atoms. The molecular formula is C20H20O5S2. The Hall–Kier alpha value is -2.38. The monoisotopic (exact) mass is 404 g/mol. The van der Waals surface area contributed by atoms with Gasteiger partial charge in [-0.25, -0.2) is 9.59 Å². The summed E-state index contributed by atoms with van der Waals surface area (Å²) in [5.41, 5.74) is 0.976. The van der Waals surface area contributed by atoms with Crippen molar-refractivity contribution in [2.45, 2.75) is 26.7 Å². The van der Waals surface area contributed by atoms with Gasteiger partial charge in [-0.2, -0.15) is 0 Å². The average Bonchev–Trinajstić information content (AvgIpc) is 3.10. The molecule has 0 aromatic heterocycles. The molecule has 1 heterocycles. The predicted octanol–water partition coefficient (Wildman–Crippen LogP) is 6.17. The minimum atomic E-state index is -1.13. The fourth-order valence-electron chi connectivity index (χ4n) is 2.26. The number of aliphatic carboxylic acids is 1. The number of carboxylic acid groups (broad SMARTS) is 1. The summed E-state index contributed by atoms with van der Waals surface area (Å²) < 4.78 is 10.1. The summed E-state index contributed by atoms with van der Waals surface area (Å²) in [6, 6.07) is 6.99. The summed E-state index contributed by atoms with van der Waals surface area (Å²) in [6.07, 6.45) is 5.34. The Morgan fingerprint density at radius 1 is 1.04 bits per heavy atom. The molecule has 0 atom stereocenters. The van der Waals surface area contributed by atoms with Gasteiger partial charge < -0.3 is 14.6 Å². The standard InChI is InChI=1S/C18H14O5S2.C2H6/c1-11-10-16(25-24-11)12-6-8-13(9-7-12)22-18(21)23-15-5-3-2-4-14(15)17(19)20;1-2/h4-10H,1-3H2,(H,19,20);1-2H3. The van der Waals surface area contributed by atoms with Crippen LogP contribution in [-0.2, 0) is 9.53 Å². The Kier molecular flexibility index (Phi) is 7.82. The quantitative estimate of drug-likeness (QED) is 0.365. The van der Waals surface area contributed by atoms with E-state index in [1.807, 2.05) is 32.1 Å². The minimum Gasteiger partial charge on any atom is -0.478 e. The largest absolute Gasteiger partial charge is 0.519 e. The molecule has 0 radical (unpaired) electrons. The van der Waals surface area contributed by atoms with Gasteiger partial charge in [-0.15, -0.1) is 0 Å². The Bertz CT molecular complexity index is 819. The minimum absolute atomic E-state index is 0.0171. The molecule has 2 aliphatic rings. The number of carbonyl (C=O) groups excluding carboxylic acids is 1. The van der Waals surface area contributed by atoms with E-state index in [0.29, 0.717) is 18.6 Å². The molecular weight excluding hydrogens is 384 g/mol. The van der Waals surface area contributed by atoms with E-state index in [1.54, 1.807) is 39.8 Å². The first-order valence-electron chi connectivity index (χ1n) is 8.42. The molecule has 5 nitrogen and oxygen atoms in total. The third-order valence-electron chi connectivity index (χ3n) is 3.40. The van der Waals surface area contributed by atoms with Crippen LogP contribution in [0.2, 0.25) is 0 Å². The third-order valence-corrected chi connectivity index (χ3v) is 5.78. The molecule has 0 fully saturated rings. The van der Waals surface area contributed by atoms with Crippen LogP contribution >= 0.6 is 21.6 Å². The van der Waals surface area contributed by atoms with Gasteiger partial charge in [0.25, 0.3) is 0 Å². The Labute approximate surface area is 166 Å². The van der Waals surface area contributed by atoms with Crippen LogP contribution in [0.15, 0.2) is 65.3 Å². The fraction of sp³-hybridized carbons (Fsp3) is 0.200. The summed E-state index contributed by atoms with van der Waals surface area (Å²) in [5, 5.41) is 9.11. The summed E-state index contributed by atoms with van der Waals surface area (Å²) in [6.45, 7) is 7.89. The number of carboxylic acids is 1. The first-order valence-corrected chi connectivity index (χ1v) is 10.6. The number of ether oxygens (including phenoxy) is 2. The first-order chi connectivity index (χ1) is 13.0. The van der Waals surface area contributed by atoms with Gasteiger partial charge in [0.1, 0.15) is 11.5 Å². The number of carbonyl (C=O) groups is 2. The van der Waals surface area contributed by atoms with Crippen molar-refractivity contribution in [3.05, 3.63) is 70.9 Å². The molecule has 0 bridgehead atoms. The van der Waals surface area contributed by atoms with Crippen molar-refractivity contribution < 1.29 is 24.2 Å². The van der Waals surface area contributed by atoms with Crippen LogP contribution in [-0.4, -0.2) is 17.2 Å². The van der Waals surface area contributed by atoms with Crippen LogP contribution in [0.5, 0.6) is 5.75 Å². The maximum Gasteiger partial charge on any atom is 0.519 e. The van der Waals surface area contributed by atoms with Crippen LogP contribution < -0.4 is 4.74 Å². The third kappa shape index (κ3) is 5.80. The predicted molar refractivity (Wildman–Crippen MR) is 110 cm³/mol. The highest BCUT2D eigenvalue weighted by atomic mass is 33.1. The summed E-state index contributed by atoms with van der Waals surface area (Å²) in [7, 11) is 3.23. The Balaban J connectivity index is 0.00000126. The lowest BCUT2D eigenvalue weighted by Gasteiger charge is -2.13. The van der Waals surface area contributed by atoms with E-state index in [4.69, 9.17) is 14.6 Å². The smallest absolute Gasteiger partial charge is 0.478 e. The molecule has 1 aliphatic heterocycles. The van der Waals surface area contributed by atoms with E-state index in [9.17, 15) is 9.59 Å². The maximum absolute atomic E-state index is 11.9. The van der Waals surface area contributed by atoms with E-state index in [-0.39, 0.29) is 11.3 Å². The van der Waals surface area contributed by atoms with Crippen molar-refractivity contribution in [3.8, 4) is 5.75 Å². The molecule has 0 unspecified atom stereocenters. The summed E-state index contributed by atoms with van der Waals surface area (Å²) >= 11 is 0. The van der Waals surface area contributed by atoms with Crippen molar-refractivity contribution >= 4 is 38.6 Å². The second-order valence-corrected chi connectivity index (χ2v) is 7.49. The topological polar surface area (TPSA) is 72.8 Å². The molecule has 1 N–H and O–H groups in total. The van der Waals surface area contributed by atoms with Gasteiger partial charge in [0, 0.05) is 9.81 Å². The van der Waals surface area contributed by atoms with Crippen molar-refractivity contribution in [2.75, 3.05) is 0 Å². The second-order valence-electron chi connectivity index (χ2n) is 5.19. The highest BCUT2D eigenvalue weighted by molar-refractivity contribution is 8.82. The van der Waals surface area contributed by atoms with Crippen LogP contribution in [0.1, 0.15) is 32.3 Å². The average molecular weight is 405 g/mol. The number of rotatable bonds is 4. The van der Waals surface area contributed by atoms with E-state index in [2.05, 4.69) is 6.58 Å². The molecule has 0 saturated heterocycles. The van der Waals surface area contributed by atoms with Gasteiger partial charge in [-0.1, -0.05) is 60.2 Å². The number of allylic oxidation sites excluding steroid dienone is 3. The zero-order valence-electron chi connectivity index (χ0n) is 15.1. The van der Waals surface area contributed by atoms with Gasteiger partial charge in [-0.3, -0.25) is 0 Å². The van der Waals surface area contributed by atoms with Crippen LogP contribution in [0.4, 0.5) is 4.79 Å². The number of benzene rings is 1. The maximum atomic E-state index is 11.9. The Morgan fingerprint density at radius 2 is 1.70 bits per heavy atom. The van der Waals surface area contributed by atoms with Crippen molar-refractivity contribution in [1.82, 2.24) is 0 Å². The molecule has 3 rings (SSSR count). The molecule has 0 saturated carbocycles. The molecule has 0 amide bonds. The molecule has 1 aromatic rings. The lowest BCUT2D eigenvalue weighted by atomic mass is 10.1. The SMILES string of the molecule is C=C1C=C(c2ccc(OC(=O)OC3=CCCC=C3C(=O)O)cc2)SS1.CC. The van der Waals surface area contributed by atoms with Gasteiger partial charge in [-0.05, 0) is 42.7 Å². The fourth-order valence-corrected chi connectivity index (χ4v) is 4.29. The molecule has 0 spiro atoms. The molecule has 1 aliphatic carbocycles. The van der Waals surface area contributed by atoms with Gasteiger partial charge in [0.15, 0.2) is 0 Å². The van der Waals surface area contributed by atoms with E-state index in [0.717, 1.165) is 15.4 Å². The van der Waals surface area contributed by atoms with Crippen molar-refractivity contribution in [1.29, 1.82) is 0 Å². The van der Waals surface area contributed by atoms with Gasteiger partial charge in [0.05, 0.1) is 5.57 Å². The first kappa shape index (κ1) is 20.9. The molecule has 1 aromatic carbocycles. The highest BCUT2D eigenvalue weighted by Crippen LogP contribution is 2.48. The lowest BCUT2D eigenvalue weighted by Crippen LogP contribution is -2.15. The van der Waals surface area contributed by atoms with E-state index >= 15 is 0 Å². The van der Waals surface area contributed by atoms with Crippen molar-refractivity contribution in [2.24, 2.45) is 0 Å². The van der Waals surface area contributed by atoms with Crippen LogP contribution in [0.25, 0.3) is 4.91 Å². The molecule has 7 heteroatoms. The number of hydrogen-bond acceptors (Lipinski definition) is 6. The normalized spacial score (nSPS) is 15.6. The van der Waals surface area contributed by atoms with E-state index in [1.165, 1.54) is 6.08 Å². The second kappa shape index (κ2) is 10.1. The van der Waals surface area contributed by atoms with Crippen molar-refractivity contribution in [3.63, 3.8) is 0 Å². The van der Waals surface area contributed by atoms with Gasteiger partial charge >= 0.3 is 12.1 Å². The zero-order valence-corrected chi connectivity index (χ0v) is 16.7. The summed E-state index contributed by atoms with van der Waals surface area (Å²) in [5.74, 6) is -0.797. The van der Waals surface area contributed by atoms with Crippen LogP contribution in [0.3, 0.4) is 0 Å². The zero-order chi connectivity index (χ0) is 19.8. The molecule has 142 valence electrons. The highest BCUT2D eigenvalue weighted by Gasteiger charge is 2.21. The summed E-state index contributed by atoms with van der Waals surface area (Å²) in [4.78, 5) is 25.1. The van der Waals surface area contributed by atoms with Gasteiger partial charge in [0.2, 0.25) is 0 Å². The van der Waals surface area contributed by atoms with Crippen LogP contribution in [0, 0.1) is 0 Å². The number of hydrogen-bond donors (Lipinski definition) is 1. The lowest BCUT2D eigenvalue weighted by molar-refractivity contribution is -0.132. The Morgan fingerprint density at radius 3 is 2.30 bits per heavy atom.